The minimum absolute atomic E-state index is 0.0430. The van der Waals surface area contributed by atoms with Crippen molar-refractivity contribution in [2.75, 3.05) is 38.3 Å². The van der Waals surface area contributed by atoms with Gasteiger partial charge in [0.15, 0.2) is 11.4 Å². The topological polar surface area (TPSA) is 99.6 Å². The van der Waals surface area contributed by atoms with Crippen LogP contribution in [0.3, 0.4) is 0 Å². The molecule has 1 N–H and O–H groups in total. The van der Waals surface area contributed by atoms with E-state index in [9.17, 15) is 19.5 Å². The molecule has 9 nitrogen and oxygen atoms in total. The highest BCUT2D eigenvalue weighted by Crippen LogP contribution is 2.48. The number of benzene rings is 1. The van der Waals surface area contributed by atoms with E-state index in [0.717, 1.165) is 6.42 Å². The molecule has 2 heterocycles. The summed E-state index contributed by atoms with van der Waals surface area (Å²) in [7, 11) is 1.63. The average Bonchev–Trinajstić information content (AvgIpc) is 2.81. The van der Waals surface area contributed by atoms with Gasteiger partial charge in [-0.05, 0) is 59.4 Å². The summed E-state index contributed by atoms with van der Waals surface area (Å²) < 4.78 is 11.1. The maximum atomic E-state index is 13.9. The largest absolute Gasteiger partial charge is 0.474 e. The summed E-state index contributed by atoms with van der Waals surface area (Å²) in [5.74, 6) is -0.344. The molecule has 11 heteroatoms. The molecule has 3 rings (SSSR count). The fourth-order valence-electron chi connectivity index (χ4n) is 4.84. The van der Waals surface area contributed by atoms with Crippen molar-refractivity contribution in [3.8, 4) is 5.75 Å². The van der Waals surface area contributed by atoms with Crippen molar-refractivity contribution in [3.05, 3.63) is 21.7 Å². The van der Waals surface area contributed by atoms with Crippen molar-refractivity contribution in [1.29, 1.82) is 0 Å². The molecule has 36 heavy (non-hydrogen) atoms. The van der Waals surface area contributed by atoms with Crippen LogP contribution in [0.1, 0.15) is 63.7 Å². The summed E-state index contributed by atoms with van der Waals surface area (Å²) in [4.78, 5) is 43.3. The highest BCUT2D eigenvalue weighted by molar-refractivity contribution is 6.45. The maximum Gasteiger partial charge on any atom is 0.407 e. The molecule has 0 radical (unpaired) electrons. The molecule has 0 saturated carbocycles. The molecule has 0 aromatic heterocycles. The van der Waals surface area contributed by atoms with E-state index in [4.69, 9.17) is 32.7 Å². The number of hydrogen-bond donors (Lipinski definition) is 1. The second-order valence-electron chi connectivity index (χ2n) is 10.0. The van der Waals surface area contributed by atoms with Gasteiger partial charge in [0.25, 0.3) is 11.8 Å². The highest BCUT2D eigenvalue weighted by Gasteiger charge is 2.43. The second-order valence-corrected chi connectivity index (χ2v) is 10.8. The number of methoxy groups -OCH3 is 1. The van der Waals surface area contributed by atoms with Crippen LogP contribution in [-0.4, -0.2) is 83.8 Å². The molecule has 0 unspecified atom stereocenters. The van der Waals surface area contributed by atoms with E-state index in [-0.39, 0.29) is 51.8 Å². The smallest absolute Gasteiger partial charge is 0.407 e. The number of unbranched alkanes of at least 4 members (excludes halogenated alkanes) is 1. The summed E-state index contributed by atoms with van der Waals surface area (Å²) in [6.07, 6.45) is 1.76. The molecule has 1 aromatic carbocycles. The zero-order valence-corrected chi connectivity index (χ0v) is 23.0. The van der Waals surface area contributed by atoms with Gasteiger partial charge in [-0.3, -0.25) is 9.59 Å². The first-order chi connectivity index (χ1) is 16.9. The zero-order valence-electron chi connectivity index (χ0n) is 21.5. The van der Waals surface area contributed by atoms with Gasteiger partial charge in [-0.1, -0.05) is 23.2 Å². The first kappa shape index (κ1) is 28.3. The lowest BCUT2D eigenvalue weighted by atomic mass is 9.99. The average molecular weight is 544 g/mol. The Labute approximate surface area is 222 Å². The van der Waals surface area contributed by atoms with Crippen LogP contribution in [0.15, 0.2) is 6.07 Å². The lowest BCUT2D eigenvalue weighted by Gasteiger charge is -2.42. The predicted molar refractivity (Wildman–Crippen MR) is 139 cm³/mol. The third kappa shape index (κ3) is 5.68. The molecule has 2 aliphatic rings. The Kier molecular flexibility index (Phi) is 9.01. The van der Waals surface area contributed by atoms with Crippen molar-refractivity contribution in [3.63, 3.8) is 0 Å². The Morgan fingerprint density at radius 2 is 1.97 bits per heavy atom. The van der Waals surface area contributed by atoms with Crippen LogP contribution >= 0.6 is 23.2 Å². The van der Waals surface area contributed by atoms with Crippen molar-refractivity contribution < 1.29 is 29.0 Å². The van der Waals surface area contributed by atoms with Crippen molar-refractivity contribution in [1.82, 2.24) is 9.80 Å². The third-order valence-electron chi connectivity index (χ3n) is 6.61. The quantitative estimate of drug-likeness (QED) is 0.467. The Bertz CT molecular complexity index is 1020. The molecular weight excluding hydrogens is 509 g/mol. The number of carbonyl (C=O) groups is 3. The molecule has 1 fully saturated rings. The molecule has 2 aliphatic heterocycles. The number of amides is 3. The lowest BCUT2D eigenvalue weighted by molar-refractivity contribution is -0.132. The van der Waals surface area contributed by atoms with Crippen LogP contribution in [-0.2, 0) is 9.53 Å². The Hall–Kier alpha value is -2.23. The number of halogens is 2. The first-order valence-electron chi connectivity index (χ1n) is 12.2. The number of carboxylic acid groups (broad SMARTS) is 1. The fourth-order valence-corrected chi connectivity index (χ4v) is 5.30. The second kappa shape index (κ2) is 11.4. The van der Waals surface area contributed by atoms with E-state index in [1.807, 2.05) is 13.8 Å². The van der Waals surface area contributed by atoms with Crippen molar-refractivity contribution in [2.24, 2.45) is 0 Å². The maximum absolute atomic E-state index is 13.9. The Balaban J connectivity index is 2.02. The fraction of sp³-hybridized carbons (Fsp3) is 0.640. The van der Waals surface area contributed by atoms with Crippen LogP contribution in [0.5, 0.6) is 5.75 Å². The monoisotopic (exact) mass is 543 g/mol. The van der Waals surface area contributed by atoms with Crippen LogP contribution in [0, 0.1) is 0 Å². The molecule has 0 spiro atoms. The number of rotatable bonds is 8. The highest BCUT2D eigenvalue weighted by atomic mass is 35.5. The summed E-state index contributed by atoms with van der Waals surface area (Å²) in [5.41, 5.74) is -0.604. The zero-order chi connectivity index (χ0) is 26.8. The molecular formula is C25H35Cl2N3O6. The number of hydrogen-bond acceptors (Lipinski definition) is 5. The summed E-state index contributed by atoms with van der Waals surface area (Å²) >= 11 is 13.3. The van der Waals surface area contributed by atoms with E-state index in [1.165, 1.54) is 4.90 Å². The summed E-state index contributed by atoms with van der Waals surface area (Å²) in [6, 6.07) is 1.04. The molecule has 200 valence electrons. The number of piperidine rings is 1. The molecule has 0 bridgehead atoms. The lowest BCUT2D eigenvalue weighted by Crippen LogP contribution is -2.54. The number of fused-ring (bicyclic) bond motifs is 1. The van der Waals surface area contributed by atoms with Gasteiger partial charge in [0, 0.05) is 39.4 Å². The van der Waals surface area contributed by atoms with Gasteiger partial charge in [0.2, 0.25) is 0 Å². The van der Waals surface area contributed by atoms with Crippen LogP contribution in [0.25, 0.3) is 0 Å². The number of nitrogens with zero attached hydrogens (tertiary/aromatic N) is 3. The van der Waals surface area contributed by atoms with E-state index in [0.29, 0.717) is 44.6 Å². The molecule has 1 aromatic rings. The summed E-state index contributed by atoms with van der Waals surface area (Å²) in [5, 5.41) is 9.58. The molecule has 0 aliphatic carbocycles. The number of likely N-dealkylation sites (tertiary alicyclic amines) is 1. The third-order valence-corrected chi connectivity index (χ3v) is 7.46. The first-order valence-corrected chi connectivity index (χ1v) is 13.0. The van der Waals surface area contributed by atoms with Gasteiger partial charge >= 0.3 is 6.09 Å². The van der Waals surface area contributed by atoms with Crippen LogP contribution < -0.4 is 9.64 Å². The SMILES string of the molecule is COCCCCN1C(=O)C(C)(C)Oc2c1cc(C(=O)N(C(C)C)[C@@H]1CCCN(C(=O)O)C1)c(Cl)c2Cl. The van der Waals surface area contributed by atoms with Gasteiger partial charge in [0.05, 0.1) is 22.3 Å². The van der Waals surface area contributed by atoms with Gasteiger partial charge in [-0.2, -0.15) is 0 Å². The van der Waals surface area contributed by atoms with Gasteiger partial charge in [-0.25, -0.2) is 4.79 Å². The number of carbonyl (C=O) groups excluding carboxylic acids is 2. The minimum Gasteiger partial charge on any atom is -0.474 e. The standard InChI is InChI=1S/C25H35Cl2N3O6/c1-15(2)30(16-9-8-10-28(14-16)24(33)34)22(31)17-13-18-21(20(27)19(17)26)36-25(3,4)23(32)29(18)11-6-7-12-35-5/h13,15-16H,6-12,14H2,1-5H3,(H,33,34)/t16-/m1/s1. The van der Waals surface area contributed by atoms with E-state index >= 15 is 0 Å². The van der Waals surface area contributed by atoms with E-state index in [2.05, 4.69) is 0 Å². The van der Waals surface area contributed by atoms with Gasteiger partial charge in [0.1, 0.15) is 5.02 Å². The number of ether oxygens (including phenoxy) is 2. The van der Waals surface area contributed by atoms with Gasteiger partial charge < -0.3 is 29.3 Å². The minimum atomic E-state index is -1.15. The van der Waals surface area contributed by atoms with E-state index in [1.54, 1.807) is 36.8 Å². The predicted octanol–water partition coefficient (Wildman–Crippen LogP) is 4.92. The Morgan fingerprint density at radius 3 is 2.58 bits per heavy atom. The molecule has 3 amide bonds. The summed E-state index contributed by atoms with van der Waals surface area (Å²) in [6.45, 7) is 8.71. The Morgan fingerprint density at radius 1 is 1.28 bits per heavy atom. The van der Waals surface area contributed by atoms with Gasteiger partial charge in [-0.15, -0.1) is 0 Å². The van der Waals surface area contributed by atoms with Crippen LogP contribution in [0.2, 0.25) is 10.0 Å². The van der Waals surface area contributed by atoms with Crippen molar-refractivity contribution >= 4 is 46.8 Å². The van der Waals surface area contributed by atoms with Crippen LogP contribution in [0.4, 0.5) is 10.5 Å². The van der Waals surface area contributed by atoms with Crippen molar-refractivity contribution in [2.45, 2.75) is 71.1 Å². The number of anilines is 1. The normalized spacial score (nSPS) is 19.2. The van der Waals surface area contributed by atoms with E-state index < -0.39 is 11.7 Å². The molecule has 1 atom stereocenters. The molecule has 1 saturated heterocycles.